The van der Waals surface area contributed by atoms with Gasteiger partial charge in [0.25, 0.3) is 5.91 Å². The quantitative estimate of drug-likeness (QED) is 0.0373. The zero-order valence-electron chi connectivity index (χ0n) is 43.0. The van der Waals surface area contributed by atoms with Gasteiger partial charge in [0, 0.05) is 11.8 Å². The molecule has 2 amide bonds. The van der Waals surface area contributed by atoms with Crippen molar-refractivity contribution in [3.05, 3.63) is 106 Å². The maximum Gasteiger partial charge on any atom is 0.347 e. The Balaban J connectivity index is 0.000000306. The number of para-hydroxylation sites is 1. The molecule has 2 unspecified atom stereocenters. The van der Waals surface area contributed by atoms with Gasteiger partial charge in [-0.1, -0.05) is 159 Å². The van der Waals surface area contributed by atoms with E-state index in [1.54, 1.807) is 52.0 Å². The summed E-state index contributed by atoms with van der Waals surface area (Å²) in [6.07, 6.45) is 11.3. The number of fused-ring (bicyclic) bond motifs is 2. The SMILES string of the molecule is CC.CCCCCCCCCCCCOC(=O)C(C)OC(=O)c1ccc(Cl)c(NC(=O)CC)c1.Cc1ccc(Cl)c(NC(=O)C(C(=O)C(C)(C)C)n2nnc3ccccc32)c1.Cc1ccc2n[nH]nc2c1. The highest BCUT2D eigenvalue weighted by molar-refractivity contribution is 6.34. The van der Waals surface area contributed by atoms with Crippen LogP contribution in [0.1, 0.15) is 154 Å². The molecule has 2 aromatic heterocycles. The molecular weight excluding hydrogens is 944 g/mol. The Labute approximate surface area is 428 Å². The summed E-state index contributed by atoms with van der Waals surface area (Å²) in [5.41, 5.74) is 5.46. The van der Waals surface area contributed by atoms with Crippen molar-refractivity contribution < 1.29 is 33.4 Å². The molecule has 2 heterocycles. The number of amides is 2. The summed E-state index contributed by atoms with van der Waals surface area (Å²) in [6, 6.07) is 21.7. The highest BCUT2D eigenvalue weighted by Crippen LogP contribution is 2.29. The average Bonchev–Trinajstić information content (AvgIpc) is 4.00. The van der Waals surface area contributed by atoms with Crippen molar-refractivity contribution in [1.29, 1.82) is 0 Å². The number of ketones is 1. The Hall–Kier alpha value is -6.19. The van der Waals surface area contributed by atoms with Gasteiger partial charge in [0.15, 0.2) is 17.9 Å². The molecule has 0 saturated carbocycles. The van der Waals surface area contributed by atoms with Crippen LogP contribution in [0.4, 0.5) is 11.4 Å². The van der Waals surface area contributed by atoms with Crippen LogP contribution in [0.2, 0.25) is 10.0 Å². The number of unbranched alkanes of at least 4 members (excludes halogenated alkanes) is 9. The van der Waals surface area contributed by atoms with Crippen LogP contribution in [0.25, 0.3) is 22.1 Å². The fourth-order valence-corrected chi connectivity index (χ4v) is 7.19. The van der Waals surface area contributed by atoms with E-state index in [9.17, 15) is 24.0 Å². The number of rotatable bonds is 20. The number of hydrogen-bond donors (Lipinski definition) is 3. The predicted octanol–water partition coefficient (Wildman–Crippen LogP) is 13.2. The first-order valence-corrected chi connectivity index (χ1v) is 25.3. The zero-order valence-corrected chi connectivity index (χ0v) is 44.5. The Kier molecular flexibility index (Phi) is 25.4. The van der Waals surface area contributed by atoms with Crippen molar-refractivity contribution >= 4 is 86.2 Å². The van der Waals surface area contributed by atoms with Crippen LogP contribution < -0.4 is 10.6 Å². The van der Waals surface area contributed by atoms with E-state index < -0.39 is 35.4 Å². The number of esters is 2. The lowest BCUT2D eigenvalue weighted by molar-refractivity contribution is -0.153. The lowest BCUT2D eigenvalue weighted by Crippen LogP contribution is -2.39. The number of aromatic nitrogens is 6. The first-order valence-electron chi connectivity index (χ1n) is 24.6. The van der Waals surface area contributed by atoms with E-state index in [1.807, 2.05) is 64.1 Å². The van der Waals surface area contributed by atoms with Gasteiger partial charge in [0.05, 0.1) is 39.1 Å². The van der Waals surface area contributed by atoms with Crippen LogP contribution in [-0.4, -0.2) is 72.7 Å². The monoisotopic (exact) mass is 1010 g/mol. The number of carbonyl (C=O) groups excluding carboxylic acids is 5. The molecule has 3 N–H and O–H groups in total. The molecule has 4 aromatic carbocycles. The van der Waals surface area contributed by atoms with Crippen LogP contribution in [0, 0.1) is 19.3 Å². The third kappa shape index (κ3) is 19.5. The van der Waals surface area contributed by atoms with E-state index in [0.29, 0.717) is 39.1 Å². The van der Waals surface area contributed by atoms with Crippen LogP contribution in [0.15, 0.2) is 78.9 Å². The molecule has 6 rings (SSSR count). The molecular formula is C54H72Cl2N8O7. The molecule has 17 heteroatoms. The van der Waals surface area contributed by atoms with Gasteiger partial charge in [0.2, 0.25) is 5.91 Å². The van der Waals surface area contributed by atoms with E-state index in [-0.39, 0.29) is 23.7 Å². The lowest BCUT2D eigenvalue weighted by Gasteiger charge is -2.24. The minimum absolute atomic E-state index is 0.190. The lowest BCUT2D eigenvalue weighted by atomic mass is 9.86. The first-order chi connectivity index (χ1) is 33.9. The topological polar surface area (TPSA) is 200 Å². The molecule has 0 radical (unpaired) electrons. The number of benzene rings is 4. The maximum absolute atomic E-state index is 13.1. The molecule has 15 nitrogen and oxygen atoms in total. The van der Waals surface area contributed by atoms with Gasteiger partial charge in [-0.25, -0.2) is 14.3 Å². The first kappa shape index (κ1) is 59.1. The van der Waals surface area contributed by atoms with Crippen LogP contribution in [0.5, 0.6) is 0 Å². The molecule has 384 valence electrons. The van der Waals surface area contributed by atoms with Crippen molar-refractivity contribution in [2.24, 2.45) is 5.41 Å². The standard InChI is InChI=1S/C25H38ClNO5.C20H21ClN4O2.C7H7N3.C2H6/c1-4-6-7-8-9-10-11-12-13-14-17-31-24(29)19(3)32-25(30)20-15-16-21(26)22(18-20)27-23(28)5-2;1-12-9-10-13(21)15(11-12)22-19(27)17(18(26)20(2,3)4)25-16-8-6-5-7-14(16)23-24-25;1-5-2-3-6-7(4-5)9-10-8-6;1-2/h15-16,18-19H,4-14,17H2,1-3H3,(H,27,28);5-11,17H,1-4H3,(H,22,27);2-4H,1H3,(H,8,9,10);1-2H3. The van der Waals surface area contributed by atoms with E-state index in [1.165, 1.54) is 80.3 Å². The number of anilines is 2. The number of Topliss-reactive ketones (excluding diaryl/α,β-unsaturated/α-hetero) is 1. The number of halogens is 2. The van der Waals surface area contributed by atoms with Crippen molar-refractivity contribution in [1.82, 2.24) is 30.4 Å². The van der Waals surface area contributed by atoms with Crippen molar-refractivity contribution in [2.45, 2.75) is 152 Å². The van der Waals surface area contributed by atoms with Crippen LogP contribution in [0.3, 0.4) is 0 Å². The zero-order chi connectivity index (χ0) is 52.5. The normalized spacial score (nSPS) is 11.7. The Bertz CT molecular complexity index is 2640. The third-order valence-corrected chi connectivity index (χ3v) is 11.5. The maximum atomic E-state index is 13.1. The molecule has 0 aliphatic rings. The number of nitrogens with one attached hydrogen (secondary N) is 3. The smallest absolute Gasteiger partial charge is 0.347 e. The number of H-pyrrole nitrogens is 1. The van der Waals surface area contributed by atoms with Crippen LogP contribution >= 0.6 is 23.2 Å². The molecule has 0 fully saturated rings. The molecule has 0 bridgehead atoms. The average molecular weight is 1020 g/mol. The fourth-order valence-electron chi connectivity index (χ4n) is 6.86. The van der Waals surface area contributed by atoms with E-state index in [2.05, 4.69) is 43.3 Å². The van der Waals surface area contributed by atoms with Gasteiger partial charge >= 0.3 is 11.9 Å². The fraction of sp³-hybridized carbons (Fsp3) is 0.463. The van der Waals surface area contributed by atoms with Crippen molar-refractivity contribution in [3.63, 3.8) is 0 Å². The van der Waals surface area contributed by atoms with Crippen molar-refractivity contribution in [3.8, 4) is 0 Å². The van der Waals surface area contributed by atoms with Gasteiger partial charge in [-0.3, -0.25) is 14.4 Å². The number of nitrogens with zero attached hydrogens (tertiary/aromatic N) is 5. The highest BCUT2D eigenvalue weighted by Gasteiger charge is 2.38. The predicted molar refractivity (Wildman–Crippen MR) is 284 cm³/mol. The van der Waals surface area contributed by atoms with E-state index in [0.717, 1.165) is 35.9 Å². The molecule has 0 saturated heterocycles. The third-order valence-electron chi connectivity index (χ3n) is 10.9. The minimum atomic E-state index is -1.16. The highest BCUT2D eigenvalue weighted by atomic mass is 35.5. The number of carbonyl (C=O) groups is 5. The van der Waals surface area contributed by atoms with Crippen molar-refractivity contribution in [2.75, 3.05) is 17.2 Å². The summed E-state index contributed by atoms with van der Waals surface area (Å²) in [5.74, 6) is -2.24. The Morgan fingerprint density at radius 2 is 1.28 bits per heavy atom. The summed E-state index contributed by atoms with van der Waals surface area (Å²) in [7, 11) is 0. The largest absolute Gasteiger partial charge is 0.463 e. The molecule has 0 spiro atoms. The Morgan fingerprint density at radius 3 is 1.93 bits per heavy atom. The number of ether oxygens (including phenoxy) is 2. The summed E-state index contributed by atoms with van der Waals surface area (Å²) < 4.78 is 11.8. The van der Waals surface area contributed by atoms with Gasteiger partial charge in [-0.15, -0.1) is 5.10 Å². The summed E-state index contributed by atoms with van der Waals surface area (Å²) >= 11 is 12.3. The summed E-state index contributed by atoms with van der Waals surface area (Å²) in [4.78, 5) is 62.3. The second-order valence-corrected chi connectivity index (χ2v) is 18.6. The molecule has 0 aliphatic carbocycles. The van der Waals surface area contributed by atoms with E-state index in [4.69, 9.17) is 32.7 Å². The van der Waals surface area contributed by atoms with Gasteiger partial charge in [0.1, 0.15) is 16.6 Å². The minimum Gasteiger partial charge on any atom is -0.463 e. The van der Waals surface area contributed by atoms with E-state index >= 15 is 0 Å². The van der Waals surface area contributed by atoms with Crippen LogP contribution in [-0.2, 0) is 28.7 Å². The van der Waals surface area contributed by atoms with Gasteiger partial charge < -0.3 is 20.1 Å². The molecule has 6 aromatic rings. The molecule has 71 heavy (non-hydrogen) atoms. The van der Waals surface area contributed by atoms with Gasteiger partial charge in [-0.2, -0.15) is 15.4 Å². The molecule has 2 atom stereocenters. The second kappa shape index (κ2) is 30.5. The molecule has 0 aliphatic heterocycles. The summed E-state index contributed by atoms with van der Waals surface area (Å²) in [6.45, 7) is 19.0. The number of aromatic amines is 1. The second-order valence-electron chi connectivity index (χ2n) is 17.8. The number of aryl methyl sites for hydroxylation is 2. The summed E-state index contributed by atoms with van der Waals surface area (Å²) in [5, 5.41) is 24.7. The Morgan fingerprint density at radius 1 is 0.704 bits per heavy atom. The number of hydrogen-bond acceptors (Lipinski definition) is 11. The van der Waals surface area contributed by atoms with Gasteiger partial charge in [-0.05, 0) is 92.9 Å².